The summed E-state index contributed by atoms with van der Waals surface area (Å²) in [6.07, 6.45) is 2.19. The Labute approximate surface area is 113 Å². The van der Waals surface area contributed by atoms with Gasteiger partial charge in [0, 0.05) is 6.04 Å². The van der Waals surface area contributed by atoms with Crippen LogP contribution in [0, 0.1) is 5.92 Å². The molecule has 0 spiro atoms. The van der Waals surface area contributed by atoms with Crippen molar-refractivity contribution in [3.8, 4) is 5.75 Å². The summed E-state index contributed by atoms with van der Waals surface area (Å²) >= 11 is 0. The lowest BCUT2D eigenvalue weighted by molar-refractivity contribution is 0.201. The molecule has 0 saturated heterocycles. The first-order chi connectivity index (χ1) is 9.03. The van der Waals surface area contributed by atoms with Gasteiger partial charge in [-0.25, -0.2) is 13.1 Å². The number of benzene rings is 1. The highest BCUT2D eigenvalue weighted by Crippen LogP contribution is 2.33. The molecule has 1 aromatic carbocycles. The van der Waals surface area contributed by atoms with Gasteiger partial charge in [-0.05, 0) is 49.9 Å². The lowest BCUT2D eigenvalue weighted by atomic mass is 10.2. The Hall–Kier alpha value is -1.11. The van der Waals surface area contributed by atoms with Crippen molar-refractivity contribution in [1.82, 2.24) is 4.72 Å². The van der Waals surface area contributed by atoms with Crippen molar-refractivity contribution in [3.05, 3.63) is 24.3 Å². The molecule has 0 heterocycles. The van der Waals surface area contributed by atoms with Crippen molar-refractivity contribution in [2.75, 3.05) is 13.2 Å². The fraction of sp³-hybridized carbons (Fsp3) is 0.538. The first kappa shape index (κ1) is 14.3. The number of nitrogens with one attached hydrogen (secondary N) is 1. The summed E-state index contributed by atoms with van der Waals surface area (Å²) in [4.78, 5) is 0.233. The third kappa shape index (κ3) is 3.92. The van der Waals surface area contributed by atoms with E-state index in [1.165, 1.54) is 12.1 Å². The van der Waals surface area contributed by atoms with E-state index in [-0.39, 0.29) is 24.2 Å². The van der Waals surface area contributed by atoms with Gasteiger partial charge >= 0.3 is 0 Å². The smallest absolute Gasteiger partial charge is 0.240 e. The van der Waals surface area contributed by atoms with Crippen molar-refractivity contribution < 1.29 is 18.3 Å². The van der Waals surface area contributed by atoms with Crippen molar-refractivity contribution >= 4 is 10.0 Å². The predicted molar refractivity (Wildman–Crippen MR) is 71.5 cm³/mol. The quantitative estimate of drug-likeness (QED) is 0.787. The molecular weight excluding hydrogens is 266 g/mol. The van der Waals surface area contributed by atoms with Crippen LogP contribution in [0.4, 0.5) is 0 Å². The summed E-state index contributed by atoms with van der Waals surface area (Å²) < 4.78 is 32.1. The second-order valence-electron chi connectivity index (χ2n) is 4.79. The van der Waals surface area contributed by atoms with Crippen LogP contribution in [0.3, 0.4) is 0 Å². The highest BCUT2D eigenvalue weighted by atomic mass is 32.2. The molecule has 106 valence electrons. The number of hydrogen-bond donors (Lipinski definition) is 2. The Kier molecular flexibility index (Phi) is 4.44. The van der Waals surface area contributed by atoms with Gasteiger partial charge in [-0.3, -0.25) is 0 Å². The zero-order chi connectivity index (χ0) is 13.9. The highest BCUT2D eigenvalue weighted by molar-refractivity contribution is 7.89. The molecule has 6 heteroatoms. The van der Waals surface area contributed by atoms with Gasteiger partial charge in [-0.2, -0.15) is 0 Å². The summed E-state index contributed by atoms with van der Waals surface area (Å²) in [5.74, 6) is 1.02. The van der Waals surface area contributed by atoms with Crippen LogP contribution in [-0.2, 0) is 10.0 Å². The van der Waals surface area contributed by atoms with Crippen molar-refractivity contribution in [1.29, 1.82) is 0 Å². The zero-order valence-electron chi connectivity index (χ0n) is 10.9. The molecule has 1 aromatic rings. The van der Waals surface area contributed by atoms with E-state index in [1.807, 2.05) is 6.92 Å². The molecule has 5 nitrogen and oxygen atoms in total. The molecule has 19 heavy (non-hydrogen) atoms. The van der Waals surface area contributed by atoms with Crippen LogP contribution in [0.1, 0.15) is 19.8 Å². The van der Waals surface area contributed by atoms with Gasteiger partial charge in [0.25, 0.3) is 0 Å². The second kappa shape index (κ2) is 5.90. The van der Waals surface area contributed by atoms with E-state index in [0.29, 0.717) is 11.7 Å². The number of hydrogen-bond acceptors (Lipinski definition) is 4. The van der Waals surface area contributed by atoms with Gasteiger partial charge in [0.1, 0.15) is 12.4 Å². The van der Waals surface area contributed by atoms with Crippen molar-refractivity contribution in [2.24, 2.45) is 5.92 Å². The van der Waals surface area contributed by atoms with Gasteiger partial charge in [0.05, 0.1) is 11.5 Å². The maximum atomic E-state index is 12.1. The summed E-state index contributed by atoms with van der Waals surface area (Å²) in [6, 6.07) is 6.18. The molecule has 1 atom stereocenters. The first-order valence-electron chi connectivity index (χ1n) is 6.39. The predicted octanol–water partition coefficient (Wildman–Crippen LogP) is 1.13. The molecule has 1 fully saturated rings. The summed E-state index contributed by atoms with van der Waals surface area (Å²) in [5.41, 5.74) is 0. The van der Waals surface area contributed by atoms with Crippen LogP contribution in [0.25, 0.3) is 0 Å². The van der Waals surface area contributed by atoms with E-state index in [4.69, 9.17) is 9.84 Å². The Bertz CT molecular complexity index is 508. The molecular formula is C13H19NO4S. The SMILES string of the molecule is CC(NS(=O)(=O)c1ccc(OCCO)cc1)C1CC1. The lowest BCUT2D eigenvalue weighted by Crippen LogP contribution is -2.33. The van der Waals surface area contributed by atoms with Crippen molar-refractivity contribution in [3.63, 3.8) is 0 Å². The number of aliphatic hydroxyl groups excluding tert-OH is 1. The molecule has 0 radical (unpaired) electrons. The molecule has 2 rings (SSSR count). The van der Waals surface area contributed by atoms with Crippen LogP contribution < -0.4 is 9.46 Å². The Morgan fingerprint density at radius 2 is 2.00 bits per heavy atom. The number of ether oxygens (including phenoxy) is 1. The summed E-state index contributed by atoms with van der Waals surface area (Å²) in [5, 5.41) is 8.64. The maximum Gasteiger partial charge on any atom is 0.240 e. The highest BCUT2D eigenvalue weighted by Gasteiger charge is 2.31. The lowest BCUT2D eigenvalue weighted by Gasteiger charge is -2.13. The van der Waals surface area contributed by atoms with Crippen LogP contribution >= 0.6 is 0 Å². The Morgan fingerprint density at radius 1 is 1.37 bits per heavy atom. The maximum absolute atomic E-state index is 12.1. The van der Waals surface area contributed by atoms with Crippen LogP contribution in [-0.4, -0.2) is 32.8 Å². The molecule has 0 aromatic heterocycles. The normalized spacial score (nSPS) is 17.2. The topological polar surface area (TPSA) is 75.6 Å². The minimum atomic E-state index is -3.46. The van der Waals surface area contributed by atoms with E-state index in [9.17, 15) is 8.42 Å². The molecule has 1 unspecified atom stereocenters. The summed E-state index contributed by atoms with van der Waals surface area (Å²) in [7, 11) is -3.46. The van der Waals surface area contributed by atoms with Gasteiger partial charge in [-0.1, -0.05) is 0 Å². The van der Waals surface area contributed by atoms with E-state index in [2.05, 4.69) is 4.72 Å². The number of aliphatic hydroxyl groups is 1. The van der Waals surface area contributed by atoms with Crippen molar-refractivity contribution in [2.45, 2.75) is 30.7 Å². The molecule has 1 aliphatic rings. The zero-order valence-corrected chi connectivity index (χ0v) is 11.7. The largest absolute Gasteiger partial charge is 0.491 e. The molecule has 0 aliphatic heterocycles. The number of sulfonamides is 1. The van der Waals surface area contributed by atoms with Gasteiger partial charge in [-0.15, -0.1) is 0 Å². The summed E-state index contributed by atoms with van der Waals surface area (Å²) in [6.45, 7) is 2.03. The Morgan fingerprint density at radius 3 is 2.53 bits per heavy atom. The number of rotatable bonds is 7. The Balaban J connectivity index is 2.03. The molecule has 2 N–H and O–H groups in total. The average molecular weight is 285 g/mol. The molecule has 1 aliphatic carbocycles. The molecule has 1 saturated carbocycles. The average Bonchev–Trinajstić information content (AvgIpc) is 3.20. The second-order valence-corrected chi connectivity index (χ2v) is 6.50. The molecule has 0 amide bonds. The van der Waals surface area contributed by atoms with Crippen LogP contribution in [0.2, 0.25) is 0 Å². The first-order valence-corrected chi connectivity index (χ1v) is 7.87. The monoisotopic (exact) mass is 285 g/mol. The van der Waals surface area contributed by atoms with E-state index < -0.39 is 10.0 Å². The standard InChI is InChI=1S/C13H19NO4S/c1-10(11-2-3-11)14-19(16,17)13-6-4-12(5-7-13)18-9-8-15/h4-7,10-11,14-15H,2-3,8-9H2,1H3. The van der Waals surface area contributed by atoms with E-state index in [0.717, 1.165) is 12.8 Å². The van der Waals surface area contributed by atoms with Gasteiger partial charge in [0.2, 0.25) is 10.0 Å². The fourth-order valence-corrected chi connectivity index (χ4v) is 3.20. The van der Waals surface area contributed by atoms with Gasteiger partial charge in [0.15, 0.2) is 0 Å². The minimum absolute atomic E-state index is 0.0182. The van der Waals surface area contributed by atoms with Crippen LogP contribution in [0.15, 0.2) is 29.2 Å². The molecule has 0 bridgehead atoms. The van der Waals surface area contributed by atoms with Gasteiger partial charge < -0.3 is 9.84 Å². The fourth-order valence-electron chi connectivity index (χ4n) is 1.88. The third-order valence-electron chi connectivity index (χ3n) is 3.16. The third-order valence-corrected chi connectivity index (χ3v) is 4.74. The van der Waals surface area contributed by atoms with Crippen LogP contribution in [0.5, 0.6) is 5.75 Å². The van der Waals surface area contributed by atoms with E-state index >= 15 is 0 Å². The van der Waals surface area contributed by atoms with E-state index in [1.54, 1.807) is 12.1 Å². The minimum Gasteiger partial charge on any atom is -0.491 e.